The van der Waals surface area contributed by atoms with E-state index in [0.29, 0.717) is 19.4 Å². The van der Waals surface area contributed by atoms with E-state index in [1.807, 2.05) is 6.92 Å². The van der Waals surface area contributed by atoms with Gasteiger partial charge in [-0.15, -0.1) is 0 Å². The first kappa shape index (κ1) is 15.0. The molecule has 18 heavy (non-hydrogen) atoms. The molecule has 0 aliphatic carbocycles. The maximum atomic E-state index is 11.8. The number of Topliss-reactive ketones (excluding diaryl/α,β-unsaturated/α-hetero) is 1. The summed E-state index contributed by atoms with van der Waals surface area (Å²) < 4.78 is 10.6. The Kier molecular flexibility index (Phi) is 5.14. The molecule has 0 spiro atoms. The minimum atomic E-state index is -0.535. The van der Waals surface area contributed by atoms with Crippen molar-refractivity contribution in [2.45, 2.75) is 64.7 Å². The van der Waals surface area contributed by atoms with Gasteiger partial charge in [-0.25, -0.2) is 4.79 Å². The average Bonchev–Trinajstić information content (AvgIpc) is 2.62. The van der Waals surface area contributed by atoms with Crippen molar-refractivity contribution in [3.8, 4) is 0 Å². The van der Waals surface area contributed by atoms with Gasteiger partial charge in [-0.3, -0.25) is 4.79 Å². The molecule has 1 amide bonds. The Labute approximate surface area is 108 Å². The van der Waals surface area contributed by atoms with Crippen LogP contribution in [0.5, 0.6) is 0 Å². The Hall–Kier alpha value is -1.10. The van der Waals surface area contributed by atoms with Gasteiger partial charge in [0, 0.05) is 13.0 Å². The number of alkyl carbamates (subject to hydrolysis) is 1. The van der Waals surface area contributed by atoms with Gasteiger partial charge in [-0.1, -0.05) is 6.92 Å². The third-order valence-corrected chi connectivity index (χ3v) is 2.61. The molecule has 0 bridgehead atoms. The first-order valence-electron chi connectivity index (χ1n) is 6.47. The van der Waals surface area contributed by atoms with Gasteiger partial charge in [0.05, 0.1) is 6.04 Å². The molecule has 0 saturated carbocycles. The Bertz CT molecular complexity index is 309. The van der Waals surface area contributed by atoms with Crippen LogP contribution in [-0.4, -0.2) is 36.2 Å². The highest BCUT2D eigenvalue weighted by Gasteiger charge is 2.35. The normalized spacial score (nSPS) is 23.8. The smallest absolute Gasteiger partial charge is 0.407 e. The summed E-state index contributed by atoms with van der Waals surface area (Å²) in [6.45, 7) is 7.86. The minimum absolute atomic E-state index is 0.0519. The van der Waals surface area contributed by atoms with Gasteiger partial charge in [0.2, 0.25) is 0 Å². The molecule has 0 aromatic carbocycles. The van der Waals surface area contributed by atoms with Crippen molar-refractivity contribution in [2.75, 3.05) is 6.61 Å². The molecule has 1 saturated heterocycles. The highest BCUT2D eigenvalue weighted by molar-refractivity contribution is 5.84. The molecule has 1 N–H and O–H groups in total. The summed E-state index contributed by atoms with van der Waals surface area (Å²) in [5.74, 6) is 0.0519. The SMILES string of the molecule is CCCC(=O)[C@H]1OCC[C@H]1NC(=O)OC(C)(C)C. The molecule has 0 aromatic heterocycles. The van der Waals surface area contributed by atoms with E-state index in [9.17, 15) is 9.59 Å². The van der Waals surface area contributed by atoms with Crippen LogP contribution >= 0.6 is 0 Å². The van der Waals surface area contributed by atoms with Crippen LogP contribution in [0.3, 0.4) is 0 Å². The van der Waals surface area contributed by atoms with E-state index in [1.54, 1.807) is 20.8 Å². The quantitative estimate of drug-likeness (QED) is 0.837. The molecule has 0 radical (unpaired) electrons. The average molecular weight is 257 g/mol. The van der Waals surface area contributed by atoms with E-state index in [-0.39, 0.29) is 11.8 Å². The van der Waals surface area contributed by atoms with Gasteiger partial charge in [0.15, 0.2) is 5.78 Å². The zero-order chi connectivity index (χ0) is 13.8. The predicted octanol–water partition coefficient (Wildman–Crippen LogP) is 2.04. The number of nitrogens with one attached hydrogen (secondary N) is 1. The van der Waals surface area contributed by atoms with Gasteiger partial charge < -0.3 is 14.8 Å². The maximum absolute atomic E-state index is 11.8. The van der Waals surface area contributed by atoms with Gasteiger partial charge >= 0.3 is 6.09 Å². The molecule has 0 aromatic rings. The van der Waals surface area contributed by atoms with E-state index in [4.69, 9.17) is 9.47 Å². The maximum Gasteiger partial charge on any atom is 0.407 e. The number of ketones is 1. The molecule has 5 nitrogen and oxygen atoms in total. The van der Waals surface area contributed by atoms with Crippen LogP contribution in [0.1, 0.15) is 47.0 Å². The lowest BCUT2D eigenvalue weighted by atomic mass is 10.0. The van der Waals surface area contributed by atoms with E-state index in [0.717, 1.165) is 6.42 Å². The molecule has 2 atom stereocenters. The largest absolute Gasteiger partial charge is 0.444 e. The summed E-state index contributed by atoms with van der Waals surface area (Å²) in [5.41, 5.74) is -0.535. The summed E-state index contributed by atoms with van der Waals surface area (Å²) >= 11 is 0. The zero-order valence-corrected chi connectivity index (χ0v) is 11.6. The highest BCUT2D eigenvalue weighted by Crippen LogP contribution is 2.17. The number of hydrogen-bond donors (Lipinski definition) is 1. The van der Waals surface area contributed by atoms with E-state index in [2.05, 4.69) is 5.32 Å². The fourth-order valence-electron chi connectivity index (χ4n) is 1.90. The van der Waals surface area contributed by atoms with Gasteiger partial charge in [-0.2, -0.15) is 0 Å². The van der Waals surface area contributed by atoms with Gasteiger partial charge in [0.25, 0.3) is 0 Å². The molecule has 1 aliphatic heterocycles. The molecule has 0 unspecified atom stereocenters. The van der Waals surface area contributed by atoms with Crippen LogP contribution in [0.25, 0.3) is 0 Å². The second kappa shape index (κ2) is 6.18. The fourth-order valence-corrected chi connectivity index (χ4v) is 1.90. The Morgan fingerprint density at radius 3 is 2.61 bits per heavy atom. The number of rotatable bonds is 4. The van der Waals surface area contributed by atoms with Crippen LogP contribution in [0, 0.1) is 0 Å². The van der Waals surface area contributed by atoms with Crippen molar-refractivity contribution in [1.82, 2.24) is 5.32 Å². The van der Waals surface area contributed by atoms with Crippen LogP contribution in [0.2, 0.25) is 0 Å². The fraction of sp³-hybridized carbons (Fsp3) is 0.846. The molecular formula is C13H23NO4. The number of amides is 1. The minimum Gasteiger partial charge on any atom is -0.444 e. The van der Waals surface area contributed by atoms with E-state index in [1.165, 1.54) is 0 Å². The number of hydrogen-bond acceptors (Lipinski definition) is 4. The summed E-state index contributed by atoms with van der Waals surface area (Å²) in [4.78, 5) is 23.4. The molecule has 1 fully saturated rings. The second-order valence-electron chi connectivity index (χ2n) is 5.55. The molecule has 1 rings (SSSR count). The van der Waals surface area contributed by atoms with Crippen molar-refractivity contribution in [1.29, 1.82) is 0 Å². The second-order valence-corrected chi connectivity index (χ2v) is 5.55. The lowest BCUT2D eigenvalue weighted by molar-refractivity contribution is -0.128. The number of carbonyl (C=O) groups excluding carboxylic acids is 2. The van der Waals surface area contributed by atoms with Crippen LogP contribution < -0.4 is 5.32 Å². The van der Waals surface area contributed by atoms with Crippen molar-refractivity contribution < 1.29 is 19.1 Å². The van der Waals surface area contributed by atoms with Crippen LogP contribution in [0.15, 0.2) is 0 Å². The molecule has 5 heteroatoms. The molecule has 1 heterocycles. The summed E-state index contributed by atoms with van der Waals surface area (Å²) in [7, 11) is 0. The number of carbonyl (C=O) groups is 2. The standard InChI is InChI=1S/C13H23NO4/c1-5-6-10(15)11-9(7-8-17-11)14-12(16)18-13(2,3)4/h9,11H,5-8H2,1-4H3,(H,14,16)/t9-,11+/m1/s1. The van der Waals surface area contributed by atoms with Crippen LogP contribution in [0.4, 0.5) is 4.79 Å². The Morgan fingerprint density at radius 2 is 2.06 bits per heavy atom. The lowest BCUT2D eigenvalue weighted by Gasteiger charge is -2.23. The summed E-state index contributed by atoms with van der Waals surface area (Å²) in [5, 5.41) is 2.72. The van der Waals surface area contributed by atoms with Gasteiger partial charge in [-0.05, 0) is 33.6 Å². The topological polar surface area (TPSA) is 64.6 Å². The monoisotopic (exact) mass is 257 g/mol. The van der Waals surface area contributed by atoms with Crippen molar-refractivity contribution in [3.63, 3.8) is 0 Å². The third-order valence-electron chi connectivity index (χ3n) is 2.61. The zero-order valence-electron chi connectivity index (χ0n) is 11.6. The molecule has 1 aliphatic rings. The Balaban J connectivity index is 2.50. The highest BCUT2D eigenvalue weighted by atomic mass is 16.6. The van der Waals surface area contributed by atoms with Crippen molar-refractivity contribution >= 4 is 11.9 Å². The summed E-state index contributed by atoms with van der Waals surface area (Å²) in [6.07, 6.45) is 0.916. The lowest BCUT2D eigenvalue weighted by Crippen LogP contribution is -2.45. The van der Waals surface area contributed by atoms with E-state index < -0.39 is 17.8 Å². The first-order valence-corrected chi connectivity index (χ1v) is 6.47. The van der Waals surface area contributed by atoms with Crippen molar-refractivity contribution in [2.24, 2.45) is 0 Å². The predicted molar refractivity (Wildman–Crippen MR) is 67.4 cm³/mol. The first-order chi connectivity index (χ1) is 8.33. The number of ether oxygens (including phenoxy) is 2. The van der Waals surface area contributed by atoms with Crippen molar-refractivity contribution in [3.05, 3.63) is 0 Å². The summed E-state index contributed by atoms with van der Waals surface area (Å²) in [6, 6.07) is -0.265. The molecular weight excluding hydrogens is 234 g/mol. The van der Waals surface area contributed by atoms with Crippen LogP contribution in [-0.2, 0) is 14.3 Å². The van der Waals surface area contributed by atoms with Gasteiger partial charge in [0.1, 0.15) is 11.7 Å². The molecule has 104 valence electrons. The third kappa shape index (κ3) is 4.64. The Morgan fingerprint density at radius 1 is 1.39 bits per heavy atom. The van der Waals surface area contributed by atoms with E-state index >= 15 is 0 Å².